The Bertz CT molecular complexity index is 556. The van der Waals surface area contributed by atoms with Crippen LogP contribution in [0.15, 0.2) is 24.4 Å². The van der Waals surface area contributed by atoms with Gasteiger partial charge < -0.3 is 9.80 Å². The lowest BCUT2D eigenvalue weighted by molar-refractivity contribution is -0.136. The largest absolute Gasteiger partial charge is 0.342 e. The maximum Gasteiger partial charge on any atom is 0.228 e. The second kappa shape index (κ2) is 6.07. The monoisotopic (exact) mass is 301 g/mol. The summed E-state index contributed by atoms with van der Waals surface area (Å²) in [6.07, 6.45) is 4.53. The molecule has 2 heterocycles. The molecule has 1 aliphatic carbocycles. The fraction of sp³-hybridized carbons (Fsp3) is 0.588. The van der Waals surface area contributed by atoms with Gasteiger partial charge in [-0.05, 0) is 37.8 Å². The van der Waals surface area contributed by atoms with Crippen molar-refractivity contribution in [2.75, 3.05) is 20.1 Å². The Morgan fingerprint density at radius 3 is 2.86 bits per heavy atom. The van der Waals surface area contributed by atoms with Crippen LogP contribution in [0.1, 0.15) is 37.9 Å². The molecule has 2 aliphatic rings. The standard InChI is InChI=1S/C17H23N3O2/c1-12(15-5-3-4-8-18-15)19(2)17(22)14-9-16(21)20(11-14)10-13-6-7-13/h3-5,8,12-14H,6-7,9-11H2,1-2H3/t12-,14+/m1/s1. The zero-order chi connectivity index (χ0) is 15.7. The third-order valence-electron chi connectivity index (χ3n) is 4.78. The number of hydrogen-bond acceptors (Lipinski definition) is 3. The van der Waals surface area contributed by atoms with Crippen LogP contribution in [-0.4, -0.2) is 46.7 Å². The summed E-state index contributed by atoms with van der Waals surface area (Å²) in [6.45, 7) is 3.38. The van der Waals surface area contributed by atoms with E-state index in [9.17, 15) is 9.59 Å². The Balaban J connectivity index is 1.62. The number of likely N-dealkylation sites (tertiary alicyclic amines) is 1. The first-order valence-corrected chi connectivity index (χ1v) is 8.01. The number of carbonyl (C=O) groups is 2. The lowest BCUT2D eigenvalue weighted by atomic mass is 10.1. The van der Waals surface area contributed by atoms with E-state index in [0.717, 1.165) is 12.2 Å². The Morgan fingerprint density at radius 1 is 1.45 bits per heavy atom. The van der Waals surface area contributed by atoms with Crippen molar-refractivity contribution < 1.29 is 9.59 Å². The molecule has 0 aromatic carbocycles. The lowest BCUT2D eigenvalue weighted by Gasteiger charge is -2.27. The first-order chi connectivity index (χ1) is 10.6. The predicted molar refractivity (Wildman–Crippen MR) is 82.8 cm³/mol. The minimum atomic E-state index is -0.206. The molecule has 1 aromatic heterocycles. The molecule has 0 spiro atoms. The zero-order valence-corrected chi connectivity index (χ0v) is 13.2. The molecule has 2 amide bonds. The topological polar surface area (TPSA) is 53.5 Å². The normalized spacial score (nSPS) is 22.7. The lowest BCUT2D eigenvalue weighted by Crippen LogP contribution is -2.36. The third kappa shape index (κ3) is 3.13. The molecule has 5 nitrogen and oxygen atoms in total. The van der Waals surface area contributed by atoms with Gasteiger partial charge in [0.15, 0.2) is 0 Å². The minimum Gasteiger partial charge on any atom is -0.342 e. The highest BCUT2D eigenvalue weighted by atomic mass is 16.2. The van der Waals surface area contributed by atoms with Crippen molar-refractivity contribution in [3.63, 3.8) is 0 Å². The van der Waals surface area contributed by atoms with Crippen molar-refractivity contribution in [1.82, 2.24) is 14.8 Å². The summed E-state index contributed by atoms with van der Waals surface area (Å²) in [5, 5.41) is 0. The number of nitrogens with zero attached hydrogens (tertiary/aromatic N) is 3. The molecule has 118 valence electrons. The van der Waals surface area contributed by atoms with Crippen molar-refractivity contribution in [1.29, 1.82) is 0 Å². The van der Waals surface area contributed by atoms with E-state index in [1.807, 2.05) is 30.0 Å². The van der Waals surface area contributed by atoms with Crippen LogP contribution in [-0.2, 0) is 9.59 Å². The maximum atomic E-state index is 12.7. The highest BCUT2D eigenvalue weighted by molar-refractivity contribution is 5.89. The Labute approximate surface area is 131 Å². The van der Waals surface area contributed by atoms with Crippen LogP contribution in [0.5, 0.6) is 0 Å². The molecule has 0 bridgehead atoms. The molecule has 22 heavy (non-hydrogen) atoms. The minimum absolute atomic E-state index is 0.0461. The van der Waals surface area contributed by atoms with E-state index < -0.39 is 0 Å². The summed E-state index contributed by atoms with van der Waals surface area (Å²) in [6, 6.07) is 5.63. The average molecular weight is 301 g/mol. The van der Waals surface area contributed by atoms with Crippen LogP contribution in [0.3, 0.4) is 0 Å². The van der Waals surface area contributed by atoms with Gasteiger partial charge in [0.25, 0.3) is 0 Å². The molecule has 1 saturated carbocycles. The number of amides is 2. The molecular weight excluding hydrogens is 278 g/mol. The van der Waals surface area contributed by atoms with E-state index >= 15 is 0 Å². The fourth-order valence-electron chi connectivity index (χ4n) is 3.03. The first-order valence-electron chi connectivity index (χ1n) is 8.01. The van der Waals surface area contributed by atoms with Crippen molar-refractivity contribution >= 4 is 11.8 Å². The number of pyridine rings is 1. The number of aromatic nitrogens is 1. The Hall–Kier alpha value is -1.91. The van der Waals surface area contributed by atoms with Gasteiger partial charge in [0, 0.05) is 32.8 Å². The smallest absolute Gasteiger partial charge is 0.228 e. The van der Waals surface area contributed by atoms with Crippen LogP contribution in [0.2, 0.25) is 0 Å². The van der Waals surface area contributed by atoms with Gasteiger partial charge in [-0.1, -0.05) is 6.07 Å². The zero-order valence-electron chi connectivity index (χ0n) is 13.2. The van der Waals surface area contributed by atoms with Crippen LogP contribution in [0.4, 0.5) is 0 Å². The molecule has 2 fully saturated rings. The maximum absolute atomic E-state index is 12.7. The van der Waals surface area contributed by atoms with Gasteiger partial charge in [-0.2, -0.15) is 0 Å². The van der Waals surface area contributed by atoms with Gasteiger partial charge in [0.05, 0.1) is 17.7 Å². The van der Waals surface area contributed by atoms with Crippen LogP contribution >= 0.6 is 0 Å². The Kier molecular flexibility index (Phi) is 4.14. The van der Waals surface area contributed by atoms with Crippen molar-refractivity contribution in [2.45, 2.75) is 32.2 Å². The summed E-state index contributed by atoms with van der Waals surface area (Å²) in [4.78, 5) is 32.6. The van der Waals surface area contributed by atoms with Crippen LogP contribution in [0.25, 0.3) is 0 Å². The summed E-state index contributed by atoms with van der Waals surface area (Å²) in [7, 11) is 1.80. The van der Waals surface area contributed by atoms with Gasteiger partial charge in [0.1, 0.15) is 0 Å². The predicted octanol–water partition coefficient (Wildman–Crippen LogP) is 1.86. The molecule has 2 atom stereocenters. The van der Waals surface area contributed by atoms with Crippen LogP contribution < -0.4 is 0 Å². The van der Waals surface area contributed by atoms with Crippen molar-refractivity contribution in [3.8, 4) is 0 Å². The molecule has 1 saturated heterocycles. The van der Waals surface area contributed by atoms with E-state index in [2.05, 4.69) is 4.98 Å². The third-order valence-corrected chi connectivity index (χ3v) is 4.78. The van der Waals surface area contributed by atoms with E-state index in [1.54, 1.807) is 18.1 Å². The molecule has 1 aliphatic heterocycles. The second-order valence-corrected chi connectivity index (χ2v) is 6.52. The van der Waals surface area contributed by atoms with Crippen molar-refractivity contribution in [2.24, 2.45) is 11.8 Å². The molecule has 0 unspecified atom stereocenters. The van der Waals surface area contributed by atoms with Gasteiger partial charge in [-0.25, -0.2) is 0 Å². The molecule has 0 radical (unpaired) electrons. The van der Waals surface area contributed by atoms with Crippen LogP contribution in [0, 0.1) is 11.8 Å². The summed E-state index contributed by atoms with van der Waals surface area (Å²) in [5.74, 6) is 0.638. The van der Waals surface area contributed by atoms with Gasteiger partial charge in [0.2, 0.25) is 11.8 Å². The quantitative estimate of drug-likeness (QED) is 0.834. The average Bonchev–Trinajstić information content (AvgIpc) is 3.28. The van der Waals surface area contributed by atoms with Gasteiger partial charge >= 0.3 is 0 Å². The summed E-state index contributed by atoms with van der Waals surface area (Å²) < 4.78 is 0. The number of rotatable bonds is 5. The molecule has 3 rings (SSSR count). The molecule has 5 heteroatoms. The van der Waals surface area contributed by atoms with Gasteiger partial charge in [-0.3, -0.25) is 14.6 Å². The number of carbonyl (C=O) groups excluding carboxylic acids is 2. The molecule has 0 N–H and O–H groups in total. The van der Waals surface area contributed by atoms with E-state index in [1.165, 1.54) is 12.8 Å². The molecular formula is C17H23N3O2. The SMILES string of the molecule is C[C@H](c1ccccn1)N(C)C(=O)[C@H]1CC(=O)N(CC2CC2)C1. The van der Waals surface area contributed by atoms with E-state index in [-0.39, 0.29) is 23.8 Å². The van der Waals surface area contributed by atoms with E-state index in [4.69, 9.17) is 0 Å². The summed E-state index contributed by atoms with van der Waals surface area (Å²) in [5.41, 5.74) is 0.873. The fourth-order valence-corrected chi connectivity index (χ4v) is 3.03. The highest BCUT2D eigenvalue weighted by Gasteiger charge is 2.38. The number of hydrogen-bond donors (Lipinski definition) is 0. The first kappa shape index (κ1) is 15.0. The summed E-state index contributed by atoms with van der Waals surface area (Å²) >= 11 is 0. The second-order valence-electron chi connectivity index (χ2n) is 6.52. The van der Waals surface area contributed by atoms with Gasteiger partial charge in [-0.15, -0.1) is 0 Å². The van der Waals surface area contributed by atoms with E-state index in [0.29, 0.717) is 18.9 Å². The molecule has 1 aromatic rings. The highest BCUT2D eigenvalue weighted by Crippen LogP contribution is 2.32. The Morgan fingerprint density at radius 2 is 2.23 bits per heavy atom. The van der Waals surface area contributed by atoms with Crippen molar-refractivity contribution in [3.05, 3.63) is 30.1 Å².